The van der Waals surface area contributed by atoms with Crippen LogP contribution in [0.4, 0.5) is 11.6 Å². The number of hydrogen-bond acceptors (Lipinski definition) is 4. The van der Waals surface area contributed by atoms with E-state index in [1.807, 2.05) is 0 Å². The molecule has 2 rings (SSSR count). The van der Waals surface area contributed by atoms with Crippen molar-refractivity contribution in [1.82, 2.24) is 4.98 Å². The van der Waals surface area contributed by atoms with Gasteiger partial charge in [-0.05, 0) is 18.9 Å². The fraction of sp³-hybridized carbons (Fsp3) is 0.615. The second-order valence-electron chi connectivity index (χ2n) is 4.83. The number of anilines is 2. The highest BCUT2D eigenvalue weighted by molar-refractivity contribution is 6.37. The molecule has 0 bridgehead atoms. The quantitative estimate of drug-likeness (QED) is 0.878. The average Bonchev–Trinajstić information content (AvgIpc) is 2.86. The standard InChI is InChI=1S/C13H19Cl2N3O/c1-2-4-16-12-10(14)6-11(15)13(17-12)18-5-3-9(7-18)8-19/h6,9,19H,2-5,7-8H2,1H3,(H,16,17). The van der Waals surface area contributed by atoms with Crippen LogP contribution < -0.4 is 10.2 Å². The molecule has 4 nitrogen and oxygen atoms in total. The Morgan fingerprint density at radius 3 is 2.89 bits per heavy atom. The van der Waals surface area contributed by atoms with Crippen LogP contribution in [0.1, 0.15) is 19.8 Å². The topological polar surface area (TPSA) is 48.4 Å². The summed E-state index contributed by atoms with van der Waals surface area (Å²) in [6.45, 7) is 4.78. The first-order chi connectivity index (χ1) is 9.15. The lowest BCUT2D eigenvalue weighted by atomic mass is 10.1. The van der Waals surface area contributed by atoms with Gasteiger partial charge in [0.15, 0.2) is 0 Å². The van der Waals surface area contributed by atoms with Crippen molar-refractivity contribution in [3.8, 4) is 0 Å². The Morgan fingerprint density at radius 2 is 2.26 bits per heavy atom. The maximum absolute atomic E-state index is 9.20. The Labute approximate surface area is 123 Å². The zero-order valence-corrected chi connectivity index (χ0v) is 12.5. The summed E-state index contributed by atoms with van der Waals surface area (Å²) >= 11 is 12.4. The van der Waals surface area contributed by atoms with Crippen LogP contribution in [0.15, 0.2) is 6.07 Å². The Kier molecular flexibility index (Phi) is 5.13. The third kappa shape index (κ3) is 3.44. The molecule has 1 aromatic rings. The summed E-state index contributed by atoms with van der Waals surface area (Å²) in [5, 5.41) is 13.5. The van der Waals surface area contributed by atoms with Crippen LogP contribution in [-0.4, -0.2) is 36.3 Å². The van der Waals surface area contributed by atoms with Gasteiger partial charge >= 0.3 is 0 Å². The van der Waals surface area contributed by atoms with E-state index in [4.69, 9.17) is 23.2 Å². The van der Waals surface area contributed by atoms with E-state index in [2.05, 4.69) is 22.1 Å². The Bertz CT molecular complexity index is 442. The molecule has 106 valence electrons. The van der Waals surface area contributed by atoms with Crippen LogP contribution in [0.3, 0.4) is 0 Å². The van der Waals surface area contributed by atoms with E-state index in [9.17, 15) is 5.11 Å². The summed E-state index contributed by atoms with van der Waals surface area (Å²) in [6, 6.07) is 1.73. The van der Waals surface area contributed by atoms with E-state index < -0.39 is 0 Å². The molecule has 0 aliphatic carbocycles. The Morgan fingerprint density at radius 1 is 1.47 bits per heavy atom. The van der Waals surface area contributed by atoms with E-state index in [1.54, 1.807) is 6.07 Å². The van der Waals surface area contributed by atoms with Gasteiger partial charge in [0.25, 0.3) is 0 Å². The molecular weight excluding hydrogens is 285 g/mol. The molecule has 6 heteroatoms. The third-order valence-electron chi connectivity index (χ3n) is 3.30. The Hall–Kier alpha value is -0.710. The summed E-state index contributed by atoms with van der Waals surface area (Å²) < 4.78 is 0. The van der Waals surface area contributed by atoms with Crippen molar-refractivity contribution in [3.63, 3.8) is 0 Å². The molecule has 1 aliphatic heterocycles. The summed E-state index contributed by atoms with van der Waals surface area (Å²) in [5.41, 5.74) is 0. The van der Waals surface area contributed by atoms with E-state index in [0.717, 1.165) is 38.3 Å². The fourth-order valence-corrected chi connectivity index (χ4v) is 2.76. The molecule has 19 heavy (non-hydrogen) atoms. The molecule has 1 aliphatic rings. The van der Waals surface area contributed by atoms with Gasteiger partial charge in [-0.15, -0.1) is 0 Å². The molecule has 2 heterocycles. The number of aliphatic hydroxyl groups is 1. The van der Waals surface area contributed by atoms with Gasteiger partial charge in [0.05, 0.1) is 10.0 Å². The first-order valence-corrected chi connectivity index (χ1v) is 7.37. The number of rotatable bonds is 5. The van der Waals surface area contributed by atoms with Crippen LogP contribution in [0.5, 0.6) is 0 Å². The van der Waals surface area contributed by atoms with Gasteiger partial charge in [0.1, 0.15) is 11.6 Å². The van der Waals surface area contributed by atoms with Crippen molar-refractivity contribution in [2.24, 2.45) is 5.92 Å². The maximum Gasteiger partial charge on any atom is 0.149 e. The molecule has 2 N–H and O–H groups in total. The molecular formula is C13H19Cl2N3O. The molecule has 1 unspecified atom stereocenters. The van der Waals surface area contributed by atoms with E-state index in [0.29, 0.717) is 21.8 Å². The lowest BCUT2D eigenvalue weighted by molar-refractivity contribution is 0.238. The van der Waals surface area contributed by atoms with Crippen LogP contribution in [0, 0.1) is 5.92 Å². The van der Waals surface area contributed by atoms with Crippen LogP contribution in [-0.2, 0) is 0 Å². The van der Waals surface area contributed by atoms with E-state index in [-0.39, 0.29) is 6.61 Å². The fourth-order valence-electron chi connectivity index (χ4n) is 2.22. The number of nitrogens with one attached hydrogen (secondary N) is 1. The molecule has 0 spiro atoms. The highest BCUT2D eigenvalue weighted by atomic mass is 35.5. The second-order valence-corrected chi connectivity index (χ2v) is 5.65. The average molecular weight is 304 g/mol. The summed E-state index contributed by atoms with van der Waals surface area (Å²) in [5.74, 6) is 1.73. The minimum absolute atomic E-state index is 0.211. The SMILES string of the molecule is CCCNc1nc(N2CCC(CO)C2)c(Cl)cc1Cl. The highest BCUT2D eigenvalue weighted by Crippen LogP contribution is 2.33. The minimum atomic E-state index is 0.211. The predicted octanol–water partition coefficient (Wildman–Crippen LogP) is 3.03. The van der Waals surface area contributed by atoms with Gasteiger partial charge in [-0.2, -0.15) is 0 Å². The van der Waals surface area contributed by atoms with Gasteiger partial charge in [-0.3, -0.25) is 0 Å². The summed E-state index contributed by atoms with van der Waals surface area (Å²) in [7, 11) is 0. The molecule has 0 aromatic carbocycles. The van der Waals surface area contributed by atoms with Crippen molar-refractivity contribution in [1.29, 1.82) is 0 Å². The number of aliphatic hydroxyl groups excluding tert-OH is 1. The number of hydrogen-bond donors (Lipinski definition) is 2. The monoisotopic (exact) mass is 303 g/mol. The summed E-state index contributed by atoms with van der Waals surface area (Å²) in [6.07, 6.45) is 1.97. The van der Waals surface area contributed by atoms with Crippen molar-refractivity contribution in [3.05, 3.63) is 16.1 Å². The number of halogens is 2. The molecule has 1 aromatic heterocycles. The van der Waals surface area contributed by atoms with Crippen molar-refractivity contribution in [2.45, 2.75) is 19.8 Å². The molecule has 0 radical (unpaired) electrons. The van der Waals surface area contributed by atoms with Crippen LogP contribution in [0.25, 0.3) is 0 Å². The third-order valence-corrected chi connectivity index (χ3v) is 3.86. The normalized spacial score (nSPS) is 18.9. The van der Waals surface area contributed by atoms with Gasteiger partial charge in [0, 0.05) is 32.2 Å². The van der Waals surface area contributed by atoms with Gasteiger partial charge in [-0.25, -0.2) is 4.98 Å². The van der Waals surface area contributed by atoms with E-state index >= 15 is 0 Å². The largest absolute Gasteiger partial charge is 0.396 e. The van der Waals surface area contributed by atoms with Gasteiger partial charge in [-0.1, -0.05) is 30.1 Å². The predicted molar refractivity (Wildman–Crippen MR) is 80.4 cm³/mol. The minimum Gasteiger partial charge on any atom is -0.396 e. The summed E-state index contributed by atoms with van der Waals surface area (Å²) in [4.78, 5) is 6.64. The molecule has 1 fully saturated rings. The van der Waals surface area contributed by atoms with Crippen molar-refractivity contribution in [2.75, 3.05) is 36.5 Å². The highest BCUT2D eigenvalue weighted by Gasteiger charge is 2.25. The first-order valence-electron chi connectivity index (χ1n) is 6.61. The van der Waals surface area contributed by atoms with Gasteiger partial charge < -0.3 is 15.3 Å². The van der Waals surface area contributed by atoms with E-state index in [1.165, 1.54) is 0 Å². The van der Waals surface area contributed by atoms with Crippen LogP contribution >= 0.6 is 23.2 Å². The zero-order chi connectivity index (χ0) is 13.8. The number of nitrogens with zero attached hydrogens (tertiary/aromatic N) is 2. The van der Waals surface area contributed by atoms with Crippen molar-refractivity contribution >= 4 is 34.8 Å². The molecule has 1 atom stereocenters. The second kappa shape index (κ2) is 6.64. The number of aromatic nitrogens is 1. The maximum atomic E-state index is 9.20. The van der Waals surface area contributed by atoms with Crippen LogP contribution in [0.2, 0.25) is 10.0 Å². The lowest BCUT2D eigenvalue weighted by Gasteiger charge is -2.20. The zero-order valence-electron chi connectivity index (χ0n) is 11.0. The molecule has 1 saturated heterocycles. The molecule has 0 saturated carbocycles. The van der Waals surface area contributed by atoms with Gasteiger partial charge in [0.2, 0.25) is 0 Å². The Balaban J connectivity index is 2.20. The lowest BCUT2D eigenvalue weighted by Crippen LogP contribution is -2.22. The first kappa shape index (κ1) is 14.7. The van der Waals surface area contributed by atoms with Crippen molar-refractivity contribution < 1.29 is 5.11 Å². The number of pyridine rings is 1. The molecule has 0 amide bonds. The smallest absolute Gasteiger partial charge is 0.149 e.